The zero-order chi connectivity index (χ0) is 13.9. The van der Waals surface area contributed by atoms with Crippen LogP contribution in [0.15, 0.2) is 24.3 Å². The smallest absolute Gasteiger partial charge is 0.320 e. The zero-order valence-corrected chi connectivity index (χ0v) is 12.0. The molecule has 0 bridgehead atoms. The predicted molar refractivity (Wildman–Crippen MR) is 76.0 cm³/mol. The van der Waals surface area contributed by atoms with Crippen LogP contribution in [0.2, 0.25) is 0 Å². The molecule has 19 heavy (non-hydrogen) atoms. The van der Waals surface area contributed by atoms with Crippen molar-refractivity contribution in [3.05, 3.63) is 35.4 Å². The van der Waals surface area contributed by atoms with Crippen LogP contribution in [0.4, 0.5) is 0 Å². The van der Waals surface area contributed by atoms with Crippen molar-refractivity contribution in [3.8, 4) is 0 Å². The number of carbonyl (C=O) groups is 1. The second-order valence-corrected chi connectivity index (χ2v) is 6.11. The molecule has 0 saturated heterocycles. The number of fused-ring (bicyclic) bond motifs is 1. The van der Waals surface area contributed by atoms with E-state index in [0.717, 1.165) is 12.8 Å². The standard InChI is InChI=1S/C16H23NO2/c1-16(2,3)19-15(18)11-17-14-10-6-8-12-7-4-5-9-13(12)14/h4-5,7,9,14,17H,6,8,10-11H2,1-3H3. The first kappa shape index (κ1) is 14.1. The van der Waals surface area contributed by atoms with E-state index in [1.807, 2.05) is 20.8 Å². The van der Waals surface area contributed by atoms with Crippen LogP contribution in [0.1, 0.15) is 50.8 Å². The van der Waals surface area contributed by atoms with Crippen LogP contribution in [0.3, 0.4) is 0 Å². The fourth-order valence-corrected chi connectivity index (χ4v) is 2.55. The molecule has 0 saturated carbocycles. The Bertz CT molecular complexity index is 448. The van der Waals surface area contributed by atoms with E-state index in [1.54, 1.807) is 0 Å². The van der Waals surface area contributed by atoms with Crippen LogP contribution in [0, 0.1) is 0 Å². The number of hydrogen-bond donors (Lipinski definition) is 1. The van der Waals surface area contributed by atoms with Crippen molar-refractivity contribution in [2.45, 2.75) is 51.7 Å². The molecular formula is C16H23NO2. The van der Waals surface area contributed by atoms with Crippen LogP contribution in [0.5, 0.6) is 0 Å². The van der Waals surface area contributed by atoms with Crippen molar-refractivity contribution in [3.63, 3.8) is 0 Å². The summed E-state index contributed by atoms with van der Waals surface area (Å²) in [4.78, 5) is 11.7. The summed E-state index contributed by atoms with van der Waals surface area (Å²) in [5.41, 5.74) is 2.32. The highest BCUT2D eigenvalue weighted by Gasteiger charge is 2.21. The van der Waals surface area contributed by atoms with Gasteiger partial charge in [0.05, 0.1) is 6.54 Å². The second-order valence-electron chi connectivity index (χ2n) is 6.11. The number of nitrogens with one attached hydrogen (secondary N) is 1. The average Bonchev–Trinajstić information content (AvgIpc) is 2.34. The fourth-order valence-electron chi connectivity index (χ4n) is 2.55. The van der Waals surface area contributed by atoms with E-state index in [-0.39, 0.29) is 18.6 Å². The normalized spacial score (nSPS) is 18.8. The van der Waals surface area contributed by atoms with Gasteiger partial charge in [-0.15, -0.1) is 0 Å². The minimum Gasteiger partial charge on any atom is -0.459 e. The van der Waals surface area contributed by atoms with E-state index in [4.69, 9.17) is 4.74 Å². The quantitative estimate of drug-likeness (QED) is 0.850. The number of carbonyl (C=O) groups excluding carboxylic acids is 1. The average molecular weight is 261 g/mol. The molecule has 0 spiro atoms. The van der Waals surface area contributed by atoms with Gasteiger partial charge in [-0.25, -0.2) is 0 Å². The third-order valence-electron chi connectivity index (χ3n) is 3.28. The van der Waals surface area contributed by atoms with E-state index >= 15 is 0 Å². The first-order chi connectivity index (χ1) is 8.96. The second kappa shape index (κ2) is 5.74. The summed E-state index contributed by atoms with van der Waals surface area (Å²) in [5, 5.41) is 3.33. The molecule has 2 rings (SSSR count). The molecule has 0 fully saturated rings. The van der Waals surface area contributed by atoms with E-state index in [9.17, 15) is 4.79 Å². The topological polar surface area (TPSA) is 38.3 Å². The van der Waals surface area contributed by atoms with Crippen molar-refractivity contribution in [2.75, 3.05) is 6.54 Å². The Morgan fingerprint density at radius 1 is 1.37 bits per heavy atom. The summed E-state index contributed by atoms with van der Waals surface area (Å²) in [7, 11) is 0. The van der Waals surface area contributed by atoms with Gasteiger partial charge in [-0.1, -0.05) is 24.3 Å². The van der Waals surface area contributed by atoms with E-state index in [2.05, 4.69) is 29.6 Å². The van der Waals surface area contributed by atoms with Crippen LogP contribution >= 0.6 is 0 Å². The lowest BCUT2D eigenvalue weighted by Crippen LogP contribution is -2.34. The number of benzene rings is 1. The Kier molecular flexibility index (Phi) is 4.25. The van der Waals surface area contributed by atoms with Gasteiger partial charge in [0.15, 0.2) is 0 Å². The zero-order valence-electron chi connectivity index (χ0n) is 12.0. The summed E-state index contributed by atoms with van der Waals surface area (Å²) >= 11 is 0. The van der Waals surface area contributed by atoms with Gasteiger partial charge < -0.3 is 10.1 Å². The maximum absolute atomic E-state index is 11.7. The summed E-state index contributed by atoms with van der Waals surface area (Å²) in [5.74, 6) is -0.185. The predicted octanol–water partition coefficient (Wildman–Crippen LogP) is 3.00. The lowest BCUT2D eigenvalue weighted by atomic mass is 9.88. The van der Waals surface area contributed by atoms with Crippen LogP contribution in [-0.2, 0) is 16.0 Å². The lowest BCUT2D eigenvalue weighted by molar-refractivity contribution is -0.153. The molecule has 1 atom stereocenters. The molecule has 0 heterocycles. The largest absolute Gasteiger partial charge is 0.459 e. The SMILES string of the molecule is CC(C)(C)OC(=O)CNC1CCCc2ccccc21. The maximum atomic E-state index is 11.7. The van der Waals surface area contributed by atoms with Gasteiger partial charge in [0.1, 0.15) is 5.60 Å². The highest BCUT2D eigenvalue weighted by Crippen LogP contribution is 2.29. The number of hydrogen-bond acceptors (Lipinski definition) is 3. The fraction of sp³-hybridized carbons (Fsp3) is 0.562. The molecule has 0 aromatic heterocycles. The van der Waals surface area contributed by atoms with Crippen molar-refractivity contribution in [1.29, 1.82) is 0 Å². The lowest BCUT2D eigenvalue weighted by Gasteiger charge is -2.27. The Morgan fingerprint density at radius 2 is 2.11 bits per heavy atom. The monoisotopic (exact) mass is 261 g/mol. The summed E-state index contributed by atoms with van der Waals surface area (Å²) in [6, 6.07) is 8.75. The number of aryl methyl sites for hydroxylation is 1. The Balaban J connectivity index is 1.93. The molecule has 1 aromatic rings. The minimum absolute atomic E-state index is 0.185. The molecule has 1 aliphatic carbocycles. The molecule has 3 nitrogen and oxygen atoms in total. The minimum atomic E-state index is -0.413. The summed E-state index contributed by atoms with van der Waals surface area (Å²) in [6.07, 6.45) is 3.39. The number of esters is 1. The molecule has 1 aliphatic rings. The van der Waals surface area contributed by atoms with Crippen molar-refractivity contribution < 1.29 is 9.53 Å². The highest BCUT2D eigenvalue weighted by atomic mass is 16.6. The molecule has 1 aromatic carbocycles. The number of ether oxygens (including phenoxy) is 1. The van der Waals surface area contributed by atoms with E-state index in [1.165, 1.54) is 17.5 Å². The first-order valence-electron chi connectivity index (χ1n) is 6.99. The maximum Gasteiger partial charge on any atom is 0.320 e. The van der Waals surface area contributed by atoms with Gasteiger partial charge in [0.2, 0.25) is 0 Å². The highest BCUT2D eigenvalue weighted by molar-refractivity contribution is 5.72. The van der Waals surface area contributed by atoms with Gasteiger partial charge in [-0.05, 0) is 51.2 Å². The van der Waals surface area contributed by atoms with Crippen LogP contribution in [0.25, 0.3) is 0 Å². The van der Waals surface area contributed by atoms with Gasteiger partial charge in [0.25, 0.3) is 0 Å². The van der Waals surface area contributed by atoms with Crippen molar-refractivity contribution in [1.82, 2.24) is 5.32 Å². The molecule has 1 N–H and O–H groups in total. The molecule has 1 unspecified atom stereocenters. The first-order valence-corrected chi connectivity index (χ1v) is 6.99. The molecular weight excluding hydrogens is 238 g/mol. The van der Waals surface area contributed by atoms with Crippen LogP contribution < -0.4 is 5.32 Å². The van der Waals surface area contributed by atoms with Crippen molar-refractivity contribution in [2.24, 2.45) is 0 Å². The molecule has 0 aliphatic heterocycles. The Labute approximate surface area is 115 Å². The van der Waals surface area contributed by atoms with Gasteiger partial charge in [-0.2, -0.15) is 0 Å². The third kappa shape index (κ3) is 4.06. The van der Waals surface area contributed by atoms with E-state index in [0.29, 0.717) is 0 Å². The number of rotatable bonds is 3. The van der Waals surface area contributed by atoms with Crippen LogP contribution in [-0.4, -0.2) is 18.1 Å². The Hall–Kier alpha value is -1.35. The molecule has 0 radical (unpaired) electrons. The van der Waals surface area contributed by atoms with Gasteiger partial charge >= 0.3 is 5.97 Å². The van der Waals surface area contributed by atoms with Gasteiger partial charge in [0, 0.05) is 6.04 Å². The third-order valence-corrected chi connectivity index (χ3v) is 3.28. The van der Waals surface area contributed by atoms with E-state index < -0.39 is 5.60 Å². The summed E-state index contributed by atoms with van der Waals surface area (Å²) < 4.78 is 5.32. The Morgan fingerprint density at radius 3 is 2.84 bits per heavy atom. The summed E-state index contributed by atoms with van der Waals surface area (Å²) in [6.45, 7) is 5.94. The molecule has 3 heteroatoms. The molecule has 104 valence electrons. The van der Waals surface area contributed by atoms with Gasteiger partial charge in [-0.3, -0.25) is 4.79 Å². The van der Waals surface area contributed by atoms with Crippen molar-refractivity contribution >= 4 is 5.97 Å². The molecule has 0 amide bonds.